The second kappa shape index (κ2) is 3.87. The van der Waals surface area contributed by atoms with Crippen molar-refractivity contribution in [3.05, 3.63) is 33.9 Å². The second-order valence-electron chi connectivity index (χ2n) is 2.96. The summed E-state index contributed by atoms with van der Waals surface area (Å²) >= 11 is 0. The molecule has 1 aromatic carbocycles. The van der Waals surface area contributed by atoms with Gasteiger partial charge in [0.05, 0.1) is 4.92 Å². The largest absolute Gasteiger partial charge is 0.321 e. The molecule has 0 spiro atoms. The van der Waals surface area contributed by atoms with Crippen LogP contribution in [0.4, 0.5) is 11.4 Å². The van der Waals surface area contributed by atoms with Crippen molar-refractivity contribution < 1.29 is 9.72 Å². The minimum Gasteiger partial charge on any atom is -0.321 e. The monoisotopic (exact) mass is 194 g/mol. The third-order valence-electron chi connectivity index (χ3n) is 1.66. The summed E-state index contributed by atoms with van der Waals surface area (Å²) in [4.78, 5) is 20.8. The van der Waals surface area contributed by atoms with Crippen LogP contribution >= 0.6 is 0 Å². The smallest absolute Gasteiger partial charge is 0.292 e. The van der Waals surface area contributed by atoms with Crippen molar-refractivity contribution in [2.45, 2.75) is 13.8 Å². The predicted octanol–water partition coefficient (Wildman–Crippen LogP) is 1.86. The minimum absolute atomic E-state index is 0.0919. The predicted molar refractivity (Wildman–Crippen MR) is 52.1 cm³/mol. The molecule has 0 heterocycles. The van der Waals surface area contributed by atoms with E-state index in [0.29, 0.717) is 0 Å². The summed E-state index contributed by atoms with van der Waals surface area (Å²) in [6, 6.07) is 4.57. The number of nitrogens with zero attached hydrogens (tertiary/aromatic N) is 1. The summed E-state index contributed by atoms with van der Waals surface area (Å²) in [5.74, 6) is -0.321. The van der Waals surface area contributed by atoms with Gasteiger partial charge in [-0.1, -0.05) is 6.07 Å². The molecule has 0 unspecified atom stereocenters. The molecule has 5 nitrogen and oxygen atoms in total. The van der Waals surface area contributed by atoms with Crippen molar-refractivity contribution >= 4 is 17.3 Å². The number of nitro benzene ring substituents is 1. The van der Waals surface area contributed by atoms with E-state index in [1.807, 2.05) is 0 Å². The van der Waals surface area contributed by atoms with Crippen LogP contribution in [0.15, 0.2) is 18.2 Å². The van der Waals surface area contributed by atoms with Crippen molar-refractivity contribution in [3.8, 4) is 0 Å². The van der Waals surface area contributed by atoms with Gasteiger partial charge in [0.2, 0.25) is 5.91 Å². The van der Waals surface area contributed by atoms with Crippen LogP contribution in [0.3, 0.4) is 0 Å². The van der Waals surface area contributed by atoms with Gasteiger partial charge in [-0.05, 0) is 18.6 Å². The number of benzene rings is 1. The van der Waals surface area contributed by atoms with Gasteiger partial charge in [-0.15, -0.1) is 0 Å². The third-order valence-corrected chi connectivity index (χ3v) is 1.66. The van der Waals surface area contributed by atoms with Crippen molar-refractivity contribution in [2.75, 3.05) is 5.32 Å². The number of hydrogen-bond acceptors (Lipinski definition) is 3. The van der Waals surface area contributed by atoms with E-state index in [1.165, 1.54) is 13.0 Å². The van der Waals surface area contributed by atoms with Crippen molar-refractivity contribution in [1.29, 1.82) is 0 Å². The Hall–Kier alpha value is -1.91. The average molecular weight is 194 g/mol. The Bertz CT molecular complexity index is 388. The lowest BCUT2D eigenvalue weighted by atomic mass is 10.2. The number of hydrogen-bond donors (Lipinski definition) is 1. The number of nitrogens with one attached hydrogen (secondary N) is 1. The van der Waals surface area contributed by atoms with Crippen LogP contribution in [-0.2, 0) is 4.79 Å². The molecule has 0 bridgehead atoms. The SMILES string of the molecule is CC(=O)Nc1cc(C)ccc1[N+](=O)[O-]. The maximum atomic E-state index is 10.8. The highest BCUT2D eigenvalue weighted by molar-refractivity contribution is 5.91. The Balaban J connectivity index is 3.15. The third kappa shape index (κ3) is 2.29. The van der Waals surface area contributed by atoms with Crippen LogP contribution in [0.1, 0.15) is 12.5 Å². The minimum atomic E-state index is -0.523. The maximum Gasteiger partial charge on any atom is 0.292 e. The number of rotatable bonds is 2. The molecule has 0 radical (unpaired) electrons. The number of carbonyl (C=O) groups is 1. The lowest BCUT2D eigenvalue weighted by Crippen LogP contribution is -2.08. The molecule has 0 aromatic heterocycles. The molecule has 1 N–H and O–H groups in total. The Kier molecular flexibility index (Phi) is 2.81. The zero-order valence-electron chi connectivity index (χ0n) is 7.90. The average Bonchev–Trinajstić information content (AvgIpc) is 2.01. The normalized spacial score (nSPS) is 9.57. The van der Waals surface area contributed by atoms with Crippen molar-refractivity contribution in [3.63, 3.8) is 0 Å². The van der Waals surface area contributed by atoms with E-state index in [4.69, 9.17) is 0 Å². The standard InChI is InChI=1S/C9H10N2O3/c1-6-3-4-9(11(13)14)8(5-6)10-7(2)12/h3-5H,1-2H3,(H,10,12). The van der Waals surface area contributed by atoms with Crippen LogP contribution < -0.4 is 5.32 Å². The van der Waals surface area contributed by atoms with E-state index in [0.717, 1.165) is 5.56 Å². The first-order chi connectivity index (χ1) is 6.50. The van der Waals surface area contributed by atoms with Gasteiger partial charge in [-0.25, -0.2) is 0 Å². The number of anilines is 1. The van der Waals surface area contributed by atoms with Crippen LogP contribution in [0.25, 0.3) is 0 Å². The molecule has 1 rings (SSSR count). The van der Waals surface area contributed by atoms with Gasteiger partial charge in [0.1, 0.15) is 5.69 Å². The number of carbonyl (C=O) groups excluding carboxylic acids is 1. The zero-order chi connectivity index (χ0) is 10.7. The molecule has 0 aliphatic carbocycles. The van der Waals surface area contributed by atoms with Gasteiger partial charge in [0, 0.05) is 13.0 Å². The molecule has 0 saturated carbocycles. The first-order valence-corrected chi connectivity index (χ1v) is 4.03. The fourth-order valence-electron chi connectivity index (χ4n) is 1.10. The fraction of sp³-hybridized carbons (Fsp3) is 0.222. The van der Waals surface area contributed by atoms with E-state index in [1.54, 1.807) is 19.1 Å². The van der Waals surface area contributed by atoms with Crippen LogP contribution in [-0.4, -0.2) is 10.8 Å². The van der Waals surface area contributed by atoms with E-state index in [9.17, 15) is 14.9 Å². The van der Waals surface area contributed by atoms with Gasteiger partial charge in [-0.2, -0.15) is 0 Å². The van der Waals surface area contributed by atoms with E-state index in [2.05, 4.69) is 5.32 Å². The number of nitro groups is 1. The molecular formula is C9H10N2O3. The summed E-state index contributed by atoms with van der Waals surface area (Å²) in [5, 5.41) is 13.0. The Morgan fingerprint density at radius 3 is 2.64 bits per heavy atom. The molecule has 1 aromatic rings. The lowest BCUT2D eigenvalue weighted by molar-refractivity contribution is -0.383. The summed E-state index contributed by atoms with van der Waals surface area (Å²) < 4.78 is 0. The molecule has 0 aliphatic heterocycles. The first kappa shape index (κ1) is 10.2. The topological polar surface area (TPSA) is 72.2 Å². The van der Waals surface area contributed by atoms with Crippen LogP contribution in [0.2, 0.25) is 0 Å². The molecule has 0 atom stereocenters. The summed E-state index contributed by atoms with van der Waals surface area (Å²) in [6.07, 6.45) is 0. The molecule has 5 heteroatoms. The number of amides is 1. The molecule has 1 amide bonds. The van der Waals surface area contributed by atoms with Crippen LogP contribution in [0, 0.1) is 17.0 Å². The van der Waals surface area contributed by atoms with Crippen LogP contribution in [0.5, 0.6) is 0 Å². The zero-order valence-corrected chi connectivity index (χ0v) is 7.90. The van der Waals surface area contributed by atoms with Crippen molar-refractivity contribution in [2.24, 2.45) is 0 Å². The maximum absolute atomic E-state index is 10.8. The summed E-state index contributed by atoms with van der Waals surface area (Å²) in [7, 11) is 0. The van der Waals surface area contributed by atoms with Gasteiger partial charge >= 0.3 is 0 Å². The number of aryl methyl sites for hydroxylation is 1. The van der Waals surface area contributed by atoms with Gasteiger partial charge in [-0.3, -0.25) is 14.9 Å². The van der Waals surface area contributed by atoms with E-state index in [-0.39, 0.29) is 17.3 Å². The quantitative estimate of drug-likeness (QED) is 0.576. The summed E-state index contributed by atoms with van der Waals surface area (Å²) in [6.45, 7) is 3.11. The summed E-state index contributed by atoms with van der Waals surface area (Å²) in [5.41, 5.74) is 1.01. The Morgan fingerprint density at radius 1 is 1.50 bits per heavy atom. The lowest BCUT2D eigenvalue weighted by Gasteiger charge is -2.03. The molecule has 0 saturated heterocycles. The van der Waals surface area contributed by atoms with Crippen molar-refractivity contribution in [1.82, 2.24) is 0 Å². The highest BCUT2D eigenvalue weighted by atomic mass is 16.6. The fourth-order valence-corrected chi connectivity index (χ4v) is 1.10. The van der Waals surface area contributed by atoms with Gasteiger partial charge < -0.3 is 5.32 Å². The molecular weight excluding hydrogens is 184 g/mol. The highest BCUT2D eigenvalue weighted by Crippen LogP contribution is 2.24. The molecule has 14 heavy (non-hydrogen) atoms. The van der Waals surface area contributed by atoms with Gasteiger partial charge in [0.15, 0.2) is 0 Å². The van der Waals surface area contributed by atoms with E-state index >= 15 is 0 Å². The Morgan fingerprint density at radius 2 is 2.14 bits per heavy atom. The molecule has 0 fully saturated rings. The second-order valence-corrected chi connectivity index (χ2v) is 2.96. The highest BCUT2D eigenvalue weighted by Gasteiger charge is 2.13. The molecule has 74 valence electrons. The molecule has 0 aliphatic rings. The van der Waals surface area contributed by atoms with Gasteiger partial charge in [0.25, 0.3) is 5.69 Å². The van der Waals surface area contributed by atoms with E-state index < -0.39 is 4.92 Å². The first-order valence-electron chi connectivity index (χ1n) is 4.03. The Labute approximate surface area is 80.9 Å².